The van der Waals surface area contributed by atoms with Crippen molar-refractivity contribution in [3.8, 4) is 5.75 Å². The van der Waals surface area contributed by atoms with Crippen LogP contribution in [0.5, 0.6) is 5.75 Å². The quantitative estimate of drug-likeness (QED) is 0.410. The van der Waals surface area contributed by atoms with E-state index in [-0.39, 0.29) is 24.7 Å². The molecule has 0 unspecified atom stereocenters. The van der Waals surface area contributed by atoms with Gasteiger partial charge in [-0.2, -0.15) is 0 Å². The Balaban J connectivity index is 0.00000320. The third kappa shape index (κ3) is 5.23. The van der Waals surface area contributed by atoms with Gasteiger partial charge >= 0.3 is 0 Å². The molecule has 1 aromatic heterocycles. The van der Waals surface area contributed by atoms with Crippen molar-refractivity contribution in [1.82, 2.24) is 14.9 Å². The first kappa shape index (κ1) is 23.6. The number of ether oxygens (including phenoxy) is 1. The van der Waals surface area contributed by atoms with Gasteiger partial charge < -0.3 is 14.5 Å². The number of anilines is 2. The van der Waals surface area contributed by atoms with E-state index in [2.05, 4.69) is 19.6 Å². The highest BCUT2D eigenvalue weighted by molar-refractivity contribution is 7.92. The number of sulfonamides is 1. The van der Waals surface area contributed by atoms with Crippen molar-refractivity contribution in [3.63, 3.8) is 0 Å². The largest absolute Gasteiger partial charge is 0.483 e. The standard InChI is InChI=1S/C26H25N5O4S.H2/c32-26(18-35-24-7-3-5-20-4-1-2-6-23(20)24)31-16-14-30(15-17-31)21-8-10-22(11-9-21)36(33,34)29-25-12-13-27-19-28-25;/h1-13,19H,14-18H2,(H,27,28,29);1H. The van der Waals surface area contributed by atoms with E-state index < -0.39 is 10.0 Å². The topological polar surface area (TPSA) is 105 Å². The number of carbonyl (C=O) groups is 1. The predicted octanol–water partition coefficient (Wildman–Crippen LogP) is 3.40. The summed E-state index contributed by atoms with van der Waals surface area (Å²) in [6, 6.07) is 21.9. The molecule has 0 atom stereocenters. The van der Waals surface area contributed by atoms with Crippen molar-refractivity contribution in [1.29, 1.82) is 0 Å². The summed E-state index contributed by atoms with van der Waals surface area (Å²) in [6.07, 6.45) is 2.75. The van der Waals surface area contributed by atoms with Gasteiger partial charge in [-0.05, 0) is 41.8 Å². The minimum atomic E-state index is -3.75. The van der Waals surface area contributed by atoms with Gasteiger partial charge in [-0.25, -0.2) is 18.4 Å². The second kappa shape index (κ2) is 10.2. The van der Waals surface area contributed by atoms with Crippen LogP contribution in [0.2, 0.25) is 0 Å². The summed E-state index contributed by atoms with van der Waals surface area (Å²) in [5, 5.41) is 2.05. The Morgan fingerprint density at radius 3 is 2.44 bits per heavy atom. The first-order valence-corrected chi connectivity index (χ1v) is 13.0. The third-order valence-electron chi connectivity index (χ3n) is 6.07. The van der Waals surface area contributed by atoms with Gasteiger partial charge in [0, 0.05) is 44.9 Å². The normalized spacial score (nSPS) is 14.0. The third-order valence-corrected chi connectivity index (χ3v) is 7.44. The molecular formula is C26H27N5O4S. The van der Waals surface area contributed by atoms with Crippen LogP contribution in [0.15, 0.2) is 90.2 Å². The average Bonchev–Trinajstić information content (AvgIpc) is 2.92. The van der Waals surface area contributed by atoms with E-state index in [0.717, 1.165) is 16.5 Å². The molecular weight excluding hydrogens is 478 g/mol. The Labute approximate surface area is 210 Å². The minimum Gasteiger partial charge on any atom is -0.483 e. The van der Waals surface area contributed by atoms with E-state index in [9.17, 15) is 13.2 Å². The van der Waals surface area contributed by atoms with Crippen molar-refractivity contribution in [3.05, 3.63) is 85.3 Å². The highest BCUT2D eigenvalue weighted by Crippen LogP contribution is 2.25. The van der Waals surface area contributed by atoms with Gasteiger partial charge in [0.1, 0.15) is 17.9 Å². The van der Waals surface area contributed by atoms with Gasteiger partial charge in [-0.15, -0.1) is 0 Å². The van der Waals surface area contributed by atoms with Gasteiger partial charge in [-0.1, -0.05) is 36.4 Å². The monoisotopic (exact) mass is 505 g/mol. The first-order valence-electron chi connectivity index (χ1n) is 11.5. The molecule has 0 saturated carbocycles. The Hall–Kier alpha value is -4.18. The highest BCUT2D eigenvalue weighted by Gasteiger charge is 2.22. The van der Waals surface area contributed by atoms with Gasteiger partial charge in [-0.3, -0.25) is 9.52 Å². The molecule has 0 spiro atoms. The van der Waals surface area contributed by atoms with Crippen molar-refractivity contribution in [2.45, 2.75) is 4.90 Å². The fourth-order valence-electron chi connectivity index (χ4n) is 4.15. The number of piperazine rings is 1. The number of nitrogens with one attached hydrogen (secondary N) is 1. The van der Waals surface area contributed by atoms with Gasteiger partial charge in [0.15, 0.2) is 6.61 Å². The molecule has 9 nitrogen and oxygen atoms in total. The summed E-state index contributed by atoms with van der Waals surface area (Å²) in [7, 11) is -3.75. The minimum absolute atomic E-state index is 0. The fraction of sp³-hybridized carbons (Fsp3) is 0.192. The SMILES string of the molecule is O=C(COc1cccc2ccccc12)N1CCN(c2ccc(S(=O)(=O)Nc3ccncn3)cc2)CC1.[HH]. The molecule has 3 aromatic carbocycles. The maximum Gasteiger partial charge on any atom is 0.263 e. The number of aromatic nitrogens is 2. The van der Waals surface area contributed by atoms with E-state index in [1.165, 1.54) is 18.6 Å². The summed E-state index contributed by atoms with van der Waals surface area (Å²) in [5.41, 5.74) is 0.898. The van der Waals surface area contributed by atoms with Crippen LogP contribution in [-0.4, -0.2) is 62.0 Å². The van der Waals surface area contributed by atoms with E-state index >= 15 is 0 Å². The van der Waals surface area contributed by atoms with E-state index in [1.54, 1.807) is 29.2 Å². The Kier molecular flexibility index (Phi) is 6.68. The molecule has 10 heteroatoms. The molecule has 1 aliphatic rings. The van der Waals surface area contributed by atoms with Crippen LogP contribution in [0.4, 0.5) is 11.5 Å². The lowest BCUT2D eigenvalue weighted by Gasteiger charge is -2.36. The van der Waals surface area contributed by atoms with Crippen LogP contribution in [0.3, 0.4) is 0 Å². The Morgan fingerprint density at radius 2 is 1.69 bits per heavy atom. The molecule has 2 heterocycles. The molecule has 1 N–H and O–H groups in total. The smallest absolute Gasteiger partial charge is 0.263 e. The number of nitrogens with zero attached hydrogens (tertiary/aromatic N) is 4. The number of amides is 1. The lowest BCUT2D eigenvalue weighted by atomic mass is 10.1. The molecule has 0 bridgehead atoms. The Morgan fingerprint density at radius 1 is 0.944 bits per heavy atom. The zero-order valence-corrected chi connectivity index (χ0v) is 20.3. The van der Waals surface area contributed by atoms with Crippen LogP contribution < -0.4 is 14.4 Å². The number of rotatable bonds is 7. The maximum atomic E-state index is 12.8. The summed E-state index contributed by atoms with van der Waals surface area (Å²) in [4.78, 5) is 24.5. The summed E-state index contributed by atoms with van der Waals surface area (Å²) in [6.45, 7) is 2.40. The number of benzene rings is 3. The maximum absolute atomic E-state index is 12.8. The van der Waals surface area contributed by atoms with E-state index in [1.807, 2.05) is 42.5 Å². The second-order valence-electron chi connectivity index (χ2n) is 8.33. The molecule has 1 fully saturated rings. The zero-order valence-electron chi connectivity index (χ0n) is 19.4. The average molecular weight is 506 g/mol. The summed E-state index contributed by atoms with van der Waals surface area (Å²) >= 11 is 0. The van der Waals surface area contributed by atoms with Gasteiger partial charge in [0.25, 0.3) is 15.9 Å². The fourth-order valence-corrected chi connectivity index (χ4v) is 5.16. The molecule has 5 rings (SSSR count). The highest BCUT2D eigenvalue weighted by atomic mass is 32.2. The number of fused-ring (bicyclic) bond motifs is 1. The van der Waals surface area contributed by atoms with E-state index in [4.69, 9.17) is 4.74 Å². The number of carbonyl (C=O) groups excluding carboxylic acids is 1. The molecule has 186 valence electrons. The molecule has 1 saturated heterocycles. The molecule has 0 aliphatic carbocycles. The van der Waals surface area contributed by atoms with Crippen molar-refractivity contribution < 1.29 is 19.4 Å². The lowest BCUT2D eigenvalue weighted by Crippen LogP contribution is -2.50. The number of hydrogen-bond donors (Lipinski definition) is 1. The zero-order chi connectivity index (χ0) is 25.0. The predicted molar refractivity (Wildman–Crippen MR) is 140 cm³/mol. The Bertz CT molecular complexity index is 1460. The lowest BCUT2D eigenvalue weighted by molar-refractivity contribution is -0.133. The summed E-state index contributed by atoms with van der Waals surface area (Å²) < 4.78 is 33.5. The molecule has 0 radical (unpaired) electrons. The molecule has 1 amide bonds. The van der Waals surface area contributed by atoms with Crippen molar-refractivity contribution >= 4 is 38.2 Å². The van der Waals surface area contributed by atoms with Crippen LogP contribution >= 0.6 is 0 Å². The number of hydrogen-bond acceptors (Lipinski definition) is 7. The van der Waals surface area contributed by atoms with Crippen LogP contribution in [-0.2, 0) is 14.8 Å². The van der Waals surface area contributed by atoms with Gasteiger partial charge in [0.2, 0.25) is 0 Å². The van der Waals surface area contributed by atoms with Crippen LogP contribution in [0.25, 0.3) is 10.8 Å². The van der Waals surface area contributed by atoms with E-state index in [0.29, 0.717) is 31.9 Å². The molecule has 1 aliphatic heterocycles. The second-order valence-corrected chi connectivity index (χ2v) is 10.0. The first-order chi connectivity index (χ1) is 17.5. The van der Waals surface area contributed by atoms with Gasteiger partial charge in [0.05, 0.1) is 4.90 Å². The summed E-state index contributed by atoms with van der Waals surface area (Å²) in [5.74, 6) is 0.850. The van der Waals surface area contributed by atoms with Crippen molar-refractivity contribution in [2.24, 2.45) is 0 Å². The van der Waals surface area contributed by atoms with Crippen LogP contribution in [0.1, 0.15) is 1.43 Å². The molecule has 36 heavy (non-hydrogen) atoms. The van der Waals surface area contributed by atoms with Crippen LogP contribution in [0, 0.1) is 0 Å². The van der Waals surface area contributed by atoms with Crippen molar-refractivity contribution in [2.75, 3.05) is 42.4 Å². The molecule has 4 aromatic rings.